The van der Waals surface area contributed by atoms with Crippen molar-refractivity contribution >= 4 is 30.6 Å². The molecule has 0 aliphatic carbocycles. The Labute approximate surface area is 140 Å². The second-order valence-electron chi connectivity index (χ2n) is 5.18. The summed E-state index contributed by atoms with van der Waals surface area (Å²) in [5.41, 5.74) is 0.516. The van der Waals surface area contributed by atoms with Crippen LogP contribution in [0.3, 0.4) is 0 Å². The summed E-state index contributed by atoms with van der Waals surface area (Å²) in [6.07, 6.45) is 0.186. The number of aliphatic hydroxyl groups excluding tert-OH is 2. The molecule has 4 atom stereocenters. The van der Waals surface area contributed by atoms with E-state index in [1.54, 1.807) is 16.8 Å². The SMILES string of the molecule is CSc1ncnc2c1ccn2[C@@H]1O[C@H](COP(=O)(O)O)[C@@H](O)[C@@H]1O. The molecule has 1 saturated heterocycles. The second kappa shape index (κ2) is 6.70. The molecule has 132 valence electrons. The van der Waals surface area contributed by atoms with E-state index in [9.17, 15) is 14.8 Å². The predicted molar refractivity (Wildman–Crippen MR) is 83.2 cm³/mol. The Hall–Kier alpha value is -1.04. The normalized spacial score (nSPS) is 27.9. The smallest absolute Gasteiger partial charge is 0.387 e. The lowest BCUT2D eigenvalue weighted by Gasteiger charge is -2.17. The van der Waals surface area contributed by atoms with E-state index in [1.807, 2.05) is 6.26 Å². The summed E-state index contributed by atoms with van der Waals surface area (Å²) in [4.78, 5) is 25.8. The molecule has 24 heavy (non-hydrogen) atoms. The molecule has 1 fully saturated rings. The third kappa shape index (κ3) is 3.35. The van der Waals surface area contributed by atoms with E-state index < -0.39 is 39.0 Å². The largest absolute Gasteiger partial charge is 0.469 e. The van der Waals surface area contributed by atoms with Crippen LogP contribution in [0.1, 0.15) is 6.23 Å². The molecule has 0 amide bonds. The zero-order chi connectivity index (χ0) is 17.5. The Morgan fingerprint density at radius 1 is 1.38 bits per heavy atom. The first-order valence-electron chi connectivity index (χ1n) is 6.89. The zero-order valence-electron chi connectivity index (χ0n) is 12.5. The van der Waals surface area contributed by atoms with Gasteiger partial charge in [0.05, 0.1) is 12.0 Å². The minimum absolute atomic E-state index is 0.516. The molecular formula is C12H16N3O7PS. The topological polar surface area (TPSA) is 147 Å². The van der Waals surface area contributed by atoms with Crippen molar-refractivity contribution in [2.75, 3.05) is 12.9 Å². The van der Waals surface area contributed by atoms with Gasteiger partial charge in [0.15, 0.2) is 6.23 Å². The highest BCUT2D eigenvalue weighted by Gasteiger charge is 2.44. The summed E-state index contributed by atoms with van der Waals surface area (Å²) >= 11 is 1.44. The number of fused-ring (bicyclic) bond motifs is 1. The van der Waals surface area contributed by atoms with Crippen molar-refractivity contribution in [2.45, 2.75) is 29.6 Å². The Morgan fingerprint density at radius 2 is 2.12 bits per heavy atom. The van der Waals surface area contributed by atoms with Crippen LogP contribution in [0, 0.1) is 0 Å². The Kier molecular flexibility index (Phi) is 4.96. The number of rotatable bonds is 5. The fraction of sp³-hybridized carbons (Fsp3) is 0.500. The van der Waals surface area contributed by atoms with Crippen LogP contribution < -0.4 is 0 Å². The highest BCUT2D eigenvalue weighted by Crippen LogP contribution is 2.39. The molecule has 10 nitrogen and oxygen atoms in total. The summed E-state index contributed by atoms with van der Waals surface area (Å²) < 4.78 is 22.2. The van der Waals surface area contributed by atoms with Gasteiger partial charge < -0.3 is 29.3 Å². The third-order valence-electron chi connectivity index (χ3n) is 3.68. The number of phosphoric acid groups is 1. The third-order valence-corrected chi connectivity index (χ3v) is 4.88. The summed E-state index contributed by atoms with van der Waals surface area (Å²) in [5.74, 6) is 0. The summed E-state index contributed by atoms with van der Waals surface area (Å²) in [6.45, 7) is -0.552. The van der Waals surface area contributed by atoms with Crippen LogP contribution in [-0.4, -0.2) is 65.7 Å². The van der Waals surface area contributed by atoms with Crippen molar-refractivity contribution < 1.29 is 33.8 Å². The maximum Gasteiger partial charge on any atom is 0.469 e. The standard InChI is InChI=1S/C12H16N3O7PS/c1-24-11-6-2-3-15(10(6)13-5-14-11)12-9(17)8(16)7(22-12)4-21-23(18,19)20/h2-3,5,7-9,12,16-17H,4H2,1H3,(H2,18,19,20)/t7-,8-,9+,12-/m1/s1. The van der Waals surface area contributed by atoms with Gasteiger partial charge in [0.1, 0.15) is 35.3 Å². The van der Waals surface area contributed by atoms with Crippen molar-refractivity contribution in [3.63, 3.8) is 0 Å². The average Bonchev–Trinajstić information content (AvgIpc) is 3.07. The second-order valence-corrected chi connectivity index (χ2v) is 7.21. The lowest BCUT2D eigenvalue weighted by Crippen LogP contribution is -2.33. The van der Waals surface area contributed by atoms with Gasteiger partial charge in [-0.15, -0.1) is 11.8 Å². The highest BCUT2D eigenvalue weighted by atomic mass is 32.2. The molecule has 2 aromatic rings. The number of hydrogen-bond acceptors (Lipinski definition) is 8. The Bertz CT molecular complexity index is 781. The highest BCUT2D eigenvalue weighted by molar-refractivity contribution is 7.98. The Balaban J connectivity index is 1.86. The predicted octanol–water partition coefficient (Wildman–Crippen LogP) is -0.118. The van der Waals surface area contributed by atoms with E-state index in [2.05, 4.69) is 14.5 Å². The molecule has 12 heteroatoms. The maximum absolute atomic E-state index is 10.8. The van der Waals surface area contributed by atoms with Crippen LogP contribution in [0.5, 0.6) is 0 Å². The molecule has 1 aliphatic rings. The first-order valence-corrected chi connectivity index (χ1v) is 9.64. The molecule has 0 spiro atoms. The van der Waals surface area contributed by atoms with Crippen molar-refractivity contribution in [3.8, 4) is 0 Å². The quantitative estimate of drug-likeness (QED) is 0.316. The maximum atomic E-state index is 10.8. The van der Waals surface area contributed by atoms with Gasteiger partial charge >= 0.3 is 7.82 Å². The van der Waals surface area contributed by atoms with Gasteiger partial charge in [0.2, 0.25) is 0 Å². The molecule has 4 N–H and O–H groups in total. The molecule has 3 heterocycles. The molecule has 0 unspecified atom stereocenters. The number of hydrogen-bond donors (Lipinski definition) is 4. The van der Waals surface area contributed by atoms with Gasteiger partial charge in [-0.05, 0) is 12.3 Å². The number of phosphoric ester groups is 1. The van der Waals surface area contributed by atoms with Gasteiger partial charge in [0, 0.05) is 6.20 Å². The molecule has 0 radical (unpaired) electrons. The number of aliphatic hydroxyl groups is 2. The Morgan fingerprint density at radius 3 is 2.79 bits per heavy atom. The van der Waals surface area contributed by atoms with Crippen LogP contribution in [0.25, 0.3) is 11.0 Å². The molecule has 0 saturated carbocycles. The van der Waals surface area contributed by atoms with Gasteiger partial charge in [-0.2, -0.15) is 0 Å². The summed E-state index contributed by atoms with van der Waals surface area (Å²) in [7, 11) is -4.70. The van der Waals surface area contributed by atoms with Gasteiger partial charge in [-0.3, -0.25) is 4.52 Å². The van der Waals surface area contributed by atoms with Crippen molar-refractivity contribution in [1.29, 1.82) is 0 Å². The van der Waals surface area contributed by atoms with Crippen LogP contribution >= 0.6 is 19.6 Å². The summed E-state index contributed by atoms with van der Waals surface area (Å²) in [6, 6.07) is 1.77. The van der Waals surface area contributed by atoms with E-state index in [4.69, 9.17) is 14.5 Å². The van der Waals surface area contributed by atoms with Gasteiger partial charge in [-0.25, -0.2) is 14.5 Å². The zero-order valence-corrected chi connectivity index (χ0v) is 14.2. The first kappa shape index (κ1) is 17.8. The van der Waals surface area contributed by atoms with E-state index >= 15 is 0 Å². The lowest BCUT2D eigenvalue weighted by molar-refractivity contribution is -0.0501. The summed E-state index contributed by atoms with van der Waals surface area (Å²) in [5, 5.41) is 21.8. The average molecular weight is 377 g/mol. The number of thioether (sulfide) groups is 1. The molecule has 0 bridgehead atoms. The monoisotopic (exact) mass is 377 g/mol. The first-order chi connectivity index (χ1) is 11.3. The van der Waals surface area contributed by atoms with Crippen LogP contribution in [0.2, 0.25) is 0 Å². The molecule has 3 rings (SSSR count). The van der Waals surface area contributed by atoms with Crippen LogP contribution in [0.15, 0.2) is 23.6 Å². The minimum atomic E-state index is -4.70. The van der Waals surface area contributed by atoms with Gasteiger partial charge in [0.25, 0.3) is 0 Å². The lowest BCUT2D eigenvalue weighted by atomic mass is 10.1. The number of nitrogens with zero attached hydrogens (tertiary/aromatic N) is 3. The van der Waals surface area contributed by atoms with Crippen molar-refractivity contribution in [1.82, 2.24) is 14.5 Å². The number of aromatic nitrogens is 3. The fourth-order valence-electron chi connectivity index (χ4n) is 2.58. The van der Waals surface area contributed by atoms with E-state index in [0.717, 1.165) is 10.4 Å². The van der Waals surface area contributed by atoms with Gasteiger partial charge in [-0.1, -0.05) is 0 Å². The van der Waals surface area contributed by atoms with E-state index in [0.29, 0.717) is 5.65 Å². The van der Waals surface area contributed by atoms with Crippen LogP contribution in [0.4, 0.5) is 0 Å². The molecule has 1 aliphatic heterocycles. The minimum Gasteiger partial charge on any atom is -0.387 e. The van der Waals surface area contributed by atoms with Crippen molar-refractivity contribution in [3.05, 3.63) is 18.6 Å². The molecular weight excluding hydrogens is 361 g/mol. The van der Waals surface area contributed by atoms with E-state index in [1.165, 1.54) is 18.1 Å². The fourth-order valence-corrected chi connectivity index (χ4v) is 3.46. The van der Waals surface area contributed by atoms with Crippen molar-refractivity contribution in [2.24, 2.45) is 0 Å². The number of ether oxygens (including phenoxy) is 1. The molecule has 0 aromatic carbocycles. The van der Waals surface area contributed by atoms with E-state index in [-0.39, 0.29) is 0 Å². The van der Waals surface area contributed by atoms with Crippen LogP contribution in [-0.2, 0) is 13.8 Å². The molecule has 2 aromatic heterocycles.